The summed E-state index contributed by atoms with van der Waals surface area (Å²) in [6.45, 7) is 6.95. The lowest BCUT2D eigenvalue weighted by Crippen LogP contribution is -2.52. The standard InChI is InChI=1S/C15H17BrIN3O2/c1-15(2,3)22-14(21)19-6-9(7-19)20-8-11(17)12-10(16)4-5-18-13(12)20/h4-5,8-9H,6-7H2,1-3H3. The molecule has 3 rings (SSSR count). The number of carbonyl (C=O) groups is 1. The van der Waals surface area contributed by atoms with Gasteiger partial charge in [-0.3, -0.25) is 0 Å². The van der Waals surface area contributed by atoms with Crippen molar-refractivity contribution in [3.05, 3.63) is 26.5 Å². The molecule has 1 amide bonds. The van der Waals surface area contributed by atoms with Crippen LogP contribution in [-0.2, 0) is 4.74 Å². The second-order valence-electron chi connectivity index (χ2n) is 6.41. The predicted molar refractivity (Wildman–Crippen MR) is 97.0 cm³/mol. The van der Waals surface area contributed by atoms with Crippen LogP contribution in [0.2, 0.25) is 0 Å². The highest BCUT2D eigenvalue weighted by atomic mass is 127. The van der Waals surface area contributed by atoms with Crippen molar-refractivity contribution < 1.29 is 9.53 Å². The molecule has 0 unspecified atom stereocenters. The van der Waals surface area contributed by atoms with E-state index >= 15 is 0 Å². The van der Waals surface area contributed by atoms with E-state index in [1.54, 1.807) is 11.1 Å². The predicted octanol–water partition coefficient (Wildman–Crippen LogP) is 4.20. The number of ether oxygens (including phenoxy) is 1. The number of carbonyl (C=O) groups excluding carboxylic acids is 1. The highest BCUT2D eigenvalue weighted by molar-refractivity contribution is 14.1. The number of amides is 1. The Morgan fingerprint density at radius 2 is 2.14 bits per heavy atom. The van der Waals surface area contributed by atoms with Gasteiger partial charge in [-0.15, -0.1) is 0 Å². The Bertz CT molecular complexity index is 732. The monoisotopic (exact) mass is 477 g/mol. The second-order valence-corrected chi connectivity index (χ2v) is 8.43. The van der Waals surface area contributed by atoms with Gasteiger partial charge in [-0.2, -0.15) is 0 Å². The topological polar surface area (TPSA) is 47.4 Å². The Hall–Kier alpha value is -0.830. The minimum Gasteiger partial charge on any atom is -0.444 e. The minimum absolute atomic E-state index is 0.246. The van der Waals surface area contributed by atoms with Crippen LogP contribution in [0.3, 0.4) is 0 Å². The van der Waals surface area contributed by atoms with Crippen LogP contribution in [0.25, 0.3) is 11.0 Å². The molecular weight excluding hydrogens is 461 g/mol. The van der Waals surface area contributed by atoms with Crippen LogP contribution in [0.4, 0.5) is 4.79 Å². The lowest BCUT2D eigenvalue weighted by atomic mass is 10.1. The van der Waals surface area contributed by atoms with Gasteiger partial charge in [0.15, 0.2) is 0 Å². The largest absolute Gasteiger partial charge is 0.444 e. The highest BCUT2D eigenvalue weighted by Crippen LogP contribution is 2.33. The molecule has 2 aromatic rings. The normalized spacial score (nSPS) is 16.0. The first kappa shape index (κ1) is 16.0. The van der Waals surface area contributed by atoms with Gasteiger partial charge in [0.1, 0.15) is 11.2 Å². The first-order valence-electron chi connectivity index (χ1n) is 7.05. The maximum atomic E-state index is 12.0. The van der Waals surface area contributed by atoms with Gasteiger partial charge >= 0.3 is 6.09 Å². The van der Waals surface area contributed by atoms with Crippen molar-refractivity contribution in [2.45, 2.75) is 32.4 Å². The molecule has 1 aliphatic heterocycles. The van der Waals surface area contributed by atoms with E-state index in [9.17, 15) is 4.79 Å². The third-order valence-corrected chi connectivity index (χ3v) is 5.00. The van der Waals surface area contributed by atoms with Crippen molar-refractivity contribution in [1.29, 1.82) is 0 Å². The van der Waals surface area contributed by atoms with Gasteiger partial charge in [0.25, 0.3) is 0 Å². The van der Waals surface area contributed by atoms with Crippen LogP contribution in [-0.4, -0.2) is 39.2 Å². The number of rotatable bonds is 1. The molecule has 7 heteroatoms. The van der Waals surface area contributed by atoms with Gasteiger partial charge in [0, 0.05) is 38.9 Å². The molecule has 0 atom stereocenters. The summed E-state index contributed by atoms with van der Waals surface area (Å²) in [5, 5.41) is 1.12. The average Bonchev–Trinajstić information content (AvgIpc) is 2.64. The van der Waals surface area contributed by atoms with Crippen LogP contribution in [0.1, 0.15) is 26.8 Å². The van der Waals surface area contributed by atoms with E-state index < -0.39 is 5.60 Å². The zero-order chi connectivity index (χ0) is 16.1. The summed E-state index contributed by atoms with van der Waals surface area (Å²) in [5.41, 5.74) is 0.497. The van der Waals surface area contributed by atoms with Crippen molar-refractivity contribution in [2.75, 3.05) is 13.1 Å². The Morgan fingerprint density at radius 1 is 1.45 bits per heavy atom. The van der Waals surface area contributed by atoms with E-state index in [0.717, 1.165) is 19.1 Å². The van der Waals surface area contributed by atoms with Gasteiger partial charge in [-0.25, -0.2) is 9.78 Å². The Kier molecular flexibility index (Phi) is 4.13. The molecule has 0 radical (unpaired) electrons. The van der Waals surface area contributed by atoms with Gasteiger partial charge in [-0.1, -0.05) is 0 Å². The van der Waals surface area contributed by atoms with Crippen LogP contribution in [0.5, 0.6) is 0 Å². The van der Waals surface area contributed by atoms with Gasteiger partial charge in [0.2, 0.25) is 0 Å². The Labute approximate surface area is 151 Å². The molecule has 3 heterocycles. The van der Waals surface area contributed by atoms with Gasteiger partial charge in [-0.05, 0) is 65.4 Å². The molecule has 0 N–H and O–H groups in total. The average molecular weight is 478 g/mol. The molecule has 118 valence electrons. The van der Waals surface area contributed by atoms with Crippen molar-refractivity contribution in [2.24, 2.45) is 0 Å². The summed E-state index contributed by atoms with van der Waals surface area (Å²) < 4.78 is 9.75. The maximum absolute atomic E-state index is 12.0. The summed E-state index contributed by atoms with van der Waals surface area (Å²) in [6, 6.07) is 2.20. The SMILES string of the molecule is CC(C)(C)OC(=O)N1CC(n2cc(I)c3c(Br)ccnc32)C1. The van der Waals surface area contributed by atoms with Gasteiger partial charge < -0.3 is 14.2 Å². The van der Waals surface area contributed by atoms with Crippen LogP contribution < -0.4 is 0 Å². The van der Waals surface area contributed by atoms with Crippen molar-refractivity contribution in [3.63, 3.8) is 0 Å². The van der Waals surface area contributed by atoms with Crippen LogP contribution >= 0.6 is 38.5 Å². The minimum atomic E-state index is -0.454. The fourth-order valence-corrected chi connectivity index (χ4v) is 4.19. The molecule has 0 aliphatic carbocycles. The number of hydrogen-bond donors (Lipinski definition) is 0. The zero-order valence-corrected chi connectivity index (χ0v) is 16.4. The number of hydrogen-bond acceptors (Lipinski definition) is 3. The third-order valence-electron chi connectivity index (χ3n) is 3.52. The fraction of sp³-hybridized carbons (Fsp3) is 0.467. The molecule has 5 nitrogen and oxygen atoms in total. The van der Waals surface area contributed by atoms with Crippen LogP contribution in [0, 0.1) is 3.57 Å². The van der Waals surface area contributed by atoms with E-state index in [4.69, 9.17) is 4.74 Å². The van der Waals surface area contributed by atoms with E-state index in [1.165, 1.54) is 0 Å². The van der Waals surface area contributed by atoms with Gasteiger partial charge in [0.05, 0.1) is 6.04 Å². The highest BCUT2D eigenvalue weighted by Gasteiger charge is 2.35. The van der Waals surface area contributed by atoms with E-state index in [1.807, 2.05) is 26.8 Å². The molecule has 2 aromatic heterocycles. The molecule has 0 saturated carbocycles. The fourth-order valence-electron chi connectivity index (χ4n) is 2.48. The third kappa shape index (κ3) is 2.97. The summed E-state index contributed by atoms with van der Waals surface area (Å²) in [5.74, 6) is 0. The number of nitrogens with zero attached hydrogens (tertiary/aromatic N) is 3. The zero-order valence-electron chi connectivity index (χ0n) is 12.6. The van der Waals surface area contributed by atoms with Crippen molar-refractivity contribution in [3.8, 4) is 0 Å². The second kappa shape index (κ2) is 5.67. The number of fused-ring (bicyclic) bond motifs is 1. The molecule has 1 saturated heterocycles. The number of halogens is 2. The van der Waals surface area contributed by atoms with Crippen molar-refractivity contribution >= 4 is 55.6 Å². The summed E-state index contributed by atoms with van der Waals surface area (Å²) in [4.78, 5) is 18.2. The van der Waals surface area contributed by atoms with E-state index in [0.29, 0.717) is 13.1 Å². The molecule has 1 fully saturated rings. The Morgan fingerprint density at radius 3 is 2.77 bits per heavy atom. The number of likely N-dealkylation sites (tertiary alicyclic amines) is 1. The van der Waals surface area contributed by atoms with Crippen molar-refractivity contribution in [1.82, 2.24) is 14.5 Å². The maximum Gasteiger partial charge on any atom is 0.410 e. The molecule has 0 aromatic carbocycles. The lowest BCUT2D eigenvalue weighted by molar-refractivity contribution is 0.00150. The quantitative estimate of drug-likeness (QED) is 0.578. The Balaban J connectivity index is 1.76. The lowest BCUT2D eigenvalue weighted by Gasteiger charge is -2.40. The first-order chi connectivity index (χ1) is 10.3. The summed E-state index contributed by atoms with van der Waals surface area (Å²) in [7, 11) is 0. The molecular formula is C15H17BrIN3O2. The summed E-state index contributed by atoms with van der Waals surface area (Å²) in [6.07, 6.45) is 3.65. The molecule has 0 spiro atoms. The summed E-state index contributed by atoms with van der Waals surface area (Å²) >= 11 is 5.89. The van der Waals surface area contributed by atoms with E-state index in [2.05, 4.69) is 54.3 Å². The molecule has 1 aliphatic rings. The van der Waals surface area contributed by atoms with Crippen LogP contribution in [0.15, 0.2) is 22.9 Å². The first-order valence-corrected chi connectivity index (χ1v) is 8.92. The molecule has 22 heavy (non-hydrogen) atoms. The smallest absolute Gasteiger partial charge is 0.410 e. The van der Waals surface area contributed by atoms with E-state index in [-0.39, 0.29) is 12.1 Å². The molecule has 0 bridgehead atoms. The number of aromatic nitrogens is 2. The number of pyridine rings is 1.